The third-order valence-electron chi connectivity index (χ3n) is 7.44. The molecule has 0 spiro atoms. The molecule has 55 heavy (non-hydrogen) atoms. The van der Waals surface area contributed by atoms with Crippen molar-refractivity contribution >= 4 is 69.1 Å². The van der Waals surface area contributed by atoms with Gasteiger partial charge in [0, 0.05) is 30.7 Å². The molecule has 11 N–H and O–H groups in total. The largest absolute Gasteiger partial charge is 0.481 e. The number of aliphatic hydroxyl groups excluding tert-OH is 3. The van der Waals surface area contributed by atoms with Gasteiger partial charge in [-0.2, -0.15) is 4.31 Å². The lowest BCUT2D eigenvalue weighted by atomic mass is 9.87. The zero-order valence-electron chi connectivity index (χ0n) is 29.3. The smallest absolute Gasteiger partial charge is 0.386 e. The van der Waals surface area contributed by atoms with E-state index in [2.05, 4.69) is 41.0 Å². The maximum atomic E-state index is 12.7. The number of nitrogens with one attached hydrogen (secondary N) is 2. The molecule has 0 bridgehead atoms. The topological polar surface area (TPSA) is 384 Å². The van der Waals surface area contributed by atoms with Crippen LogP contribution in [0.3, 0.4) is 0 Å². The average Bonchev–Trinajstić information content (AvgIpc) is 3.64. The van der Waals surface area contributed by atoms with Gasteiger partial charge in [-0.05, 0) is 12.5 Å². The van der Waals surface area contributed by atoms with Gasteiger partial charge in [0.25, 0.3) is 0 Å². The number of phosphoric acid groups is 3. The van der Waals surface area contributed by atoms with E-state index in [0.717, 1.165) is 29.0 Å². The highest BCUT2D eigenvalue weighted by atomic mass is 32.2. The quantitative estimate of drug-likeness (QED) is 0.0392. The summed E-state index contributed by atoms with van der Waals surface area (Å²) in [7, 11) is -16.4. The lowest BCUT2D eigenvalue weighted by Crippen LogP contribution is -2.46. The van der Waals surface area contributed by atoms with E-state index in [4.69, 9.17) is 19.5 Å². The summed E-state index contributed by atoms with van der Waals surface area (Å²) in [6, 6.07) is 0. The SMILES string of the molecule is C=C(C)C(O)C(=O)SCCNC(=O)CCNC(=O)[C@H](O)C(C)(C)COP(=O)(O)OP(=O)(O)OC[C@H]1O[C@@H](n2cnc3c(N)ncnc32)[C@H](O)[C@@H]1OP(=O)(O)O. The van der Waals surface area contributed by atoms with E-state index in [0.29, 0.717) is 0 Å². The highest BCUT2D eigenvalue weighted by Gasteiger charge is 2.50. The molecule has 0 aliphatic carbocycles. The molecule has 8 atom stereocenters. The second-order valence-corrected chi connectivity index (χ2v) is 17.8. The van der Waals surface area contributed by atoms with Crippen molar-refractivity contribution in [3.63, 3.8) is 0 Å². The second-order valence-electron chi connectivity index (χ2n) is 12.5. The molecule has 25 nitrogen and oxygen atoms in total. The van der Waals surface area contributed by atoms with Gasteiger partial charge in [-0.1, -0.05) is 32.2 Å². The maximum Gasteiger partial charge on any atom is 0.481 e. The predicted octanol–water partition coefficient (Wildman–Crippen LogP) is -1.40. The molecule has 1 fully saturated rings. The van der Waals surface area contributed by atoms with Crippen molar-refractivity contribution < 1.29 is 85.6 Å². The fraction of sp³-hybridized carbons (Fsp3) is 0.615. The molecule has 0 aromatic carbocycles. The molecule has 1 aliphatic rings. The number of aromatic nitrogens is 4. The van der Waals surface area contributed by atoms with Crippen molar-refractivity contribution in [1.29, 1.82) is 0 Å². The number of amides is 2. The van der Waals surface area contributed by atoms with Crippen LogP contribution in [0.5, 0.6) is 0 Å². The Morgan fingerprint density at radius 3 is 2.36 bits per heavy atom. The molecule has 1 saturated heterocycles. The normalized spacial score (nSPS) is 22.4. The fourth-order valence-corrected chi connectivity index (χ4v) is 8.16. The number of carbonyl (C=O) groups excluding carboxylic acids is 3. The highest BCUT2D eigenvalue weighted by molar-refractivity contribution is 8.13. The van der Waals surface area contributed by atoms with E-state index < -0.39 is 95.8 Å². The number of phosphoric ester groups is 3. The Bertz CT molecular complexity index is 1860. The monoisotopic (exact) mass is 865 g/mol. The highest BCUT2D eigenvalue weighted by Crippen LogP contribution is 2.61. The zero-order chi connectivity index (χ0) is 41.5. The van der Waals surface area contributed by atoms with Crippen LogP contribution in [0.4, 0.5) is 5.82 Å². The Kier molecular flexibility index (Phi) is 16.2. The number of imidazole rings is 1. The molecule has 3 unspecified atom stereocenters. The van der Waals surface area contributed by atoms with Gasteiger partial charge in [-0.3, -0.25) is 32.5 Å². The summed E-state index contributed by atoms with van der Waals surface area (Å²) >= 11 is 0.796. The molecule has 2 amide bonds. The first-order chi connectivity index (χ1) is 25.3. The van der Waals surface area contributed by atoms with E-state index in [1.807, 2.05) is 0 Å². The van der Waals surface area contributed by atoms with E-state index in [-0.39, 0.29) is 47.8 Å². The number of rotatable bonds is 21. The van der Waals surface area contributed by atoms with Crippen LogP contribution in [0, 0.1) is 5.41 Å². The lowest BCUT2D eigenvalue weighted by molar-refractivity contribution is -0.137. The lowest BCUT2D eigenvalue weighted by Gasteiger charge is -2.30. The molecule has 2 aromatic heterocycles. The molecule has 0 saturated carbocycles. The van der Waals surface area contributed by atoms with Crippen molar-refractivity contribution in [1.82, 2.24) is 30.2 Å². The van der Waals surface area contributed by atoms with Crippen molar-refractivity contribution in [2.45, 2.75) is 63.9 Å². The van der Waals surface area contributed by atoms with Crippen LogP contribution in [-0.4, -0.2) is 134 Å². The number of nitrogen functional groups attached to an aromatic ring is 1. The maximum absolute atomic E-state index is 12.7. The van der Waals surface area contributed by atoms with Crippen LogP contribution < -0.4 is 16.4 Å². The number of thioether (sulfide) groups is 1. The van der Waals surface area contributed by atoms with Gasteiger partial charge in [-0.25, -0.2) is 28.6 Å². The number of fused-ring (bicyclic) bond motifs is 1. The van der Waals surface area contributed by atoms with E-state index in [1.165, 1.54) is 20.8 Å². The minimum absolute atomic E-state index is 0.0234. The number of ether oxygens (including phenoxy) is 1. The van der Waals surface area contributed by atoms with Crippen LogP contribution >= 0.6 is 35.2 Å². The van der Waals surface area contributed by atoms with Crippen LogP contribution in [0.1, 0.15) is 33.4 Å². The summed E-state index contributed by atoms with van der Waals surface area (Å²) in [5.41, 5.74) is 4.49. The zero-order valence-corrected chi connectivity index (χ0v) is 32.8. The van der Waals surface area contributed by atoms with Crippen LogP contribution in [0.2, 0.25) is 0 Å². The van der Waals surface area contributed by atoms with Gasteiger partial charge in [0.05, 0.1) is 19.5 Å². The van der Waals surface area contributed by atoms with E-state index >= 15 is 0 Å². The third kappa shape index (κ3) is 13.7. The summed E-state index contributed by atoms with van der Waals surface area (Å²) < 4.78 is 61.9. The average molecular weight is 866 g/mol. The summed E-state index contributed by atoms with van der Waals surface area (Å²) in [6.45, 7) is 5.22. The van der Waals surface area contributed by atoms with E-state index in [9.17, 15) is 63.0 Å². The first kappa shape index (κ1) is 46.6. The Hall–Kier alpha value is -2.74. The van der Waals surface area contributed by atoms with Crippen molar-refractivity contribution in [2.24, 2.45) is 5.41 Å². The Balaban J connectivity index is 1.50. The van der Waals surface area contributed by atoms with Crippen molar-refractivity contribution in [2.75, 3.05) is 37.8 Å². The summed E-state index contributed by atoms with van der Waals surface area (Å²) in [4.78, 5) is 87.1. The van der Waals surface area contributed by atoms with Crippen LogP contribution in [-0.2, 0) is 50.7 Å². The minimum Gasteiger partial charge on any atom is -0.386 e. The van der Waals surface area contributed by atoms with Crippen LogP contribution in [0.15, 0.2) is 24.8 Å². The van der Waals surface area contributed by atoms with Gasteiger partial charge in [-0.15, -0.1) is 0 Å². The number of nitrogens with zero attached hydrogens (tertiary/aromatic N) is 4. The number of aliphatic hydroxyl groups is 3. The van der Waals surface area contributed by atoms with Gasteiger partial charge in [0.15, 0.2) is 17.7 Å². The Labute approximate surface area is 316 Å². The molecule has 1 aliphatic heterocycles. The molecular weight excluding hydrogens is 823 g/mol. The molecule has 310 valence electrons. The molecular formula is C26H42N7O18P3S. The molecule has 2 aromatic rings. The fourth-order valence-electron chi connectivity index (χ4n) is 4.56. The standard InChI is InChI=1S/C26H42N7O18P3S/c1-13(2)17(35)25(39)55-8-7-28-15(34)5-6-29-23(38)20(37)26(3,4)10-48-54(45,46)51-53(43,44)47-9-14-19(50-52(40,41)42)18(36)24(49-14)33-12-32-16-21(27)30-11-31-22(16)33/h11-12,14,17-20,24,35-37H,1,5-10H2,2-4H3,(H,28,34)(H,29,38)(H,43,44)(H,45,46)(H2,27,30,31)(H2,40,41,42)/t14-,17?,18-,19-,20+,24-/m1/s1. The van der Waals surface area contributed by atoms with E-state index in [1.54, 1.807) is 0 Å². The summed E-state index contributed by atoms with van der Waals surface area (Å²) in [6.07, 6.45) is -8.36. The molecule has 3 rings (SSSR count). The molecule has 29 heteroatoms. The molecule has 3 heterocycles. The summed E-state index contributed by atoms with van der Waals surface area (Å²) in [5, 5.41) is 35.3. The number of hydrogen-bond donors (Lipinski definition) is 10. The number of hydrogen-bond acceptors (Lipinski definition) is 19. The Morgan fingerprint density at radius 1 is 1.07 bits per heavy atom. The minimum atomic E-state index is -5.58. The van der Waals surface area contributed by atoms with Gasteiger partial charge < -0.3 is 56.0 Å². The van der Waals surface area contributed by atoms with Gasteiger partial charge in [0.1, 0.15) is 42.4 Å². The predicted molar refractivity (Wildman–Crippen MR) is 188 cm³/mol. The first-order valence-corrected chi connectivity index (χ1v) is 21.2. The third-order valence-corrected chi connectivity index (χ3v) is 11.5. The number of nitrogens with two attached hydrogens (primary N) is 1. The molecule has 0 radical (unpaired) electrons. The van der Waals surface area contributed by atoms with Gasteiger partial charge >= 0.3 is 23.5 Å². The number of anilines is 1. The van der Waals surface area contributed by atoms with Crippen LogP contribution in [0.25, 0.3) is 11.2 Å². The Morgan fingerprint density at radius 2 is 1.73 bits per heavy atom. The summed E-state index contributed by atoms with van der Waals surface area (Å²) in [5.74, 6) is -1.40. The van der Waals surface area contributed by atoms with Gasteiger partial charge in [0.2, 0.25) is 16.9 Å². The number of carbonyl (C=O) groups is 3. The van der Waals surface area contributed by atoms with Crippen molar-refractivity contribution in [3.05, 3.63) is 24.8 Å². The first-order valence-electron chi connectivity index (χ1n) is 15.7. The second kappa shape index (κ2) is 19.1. The van der Waals surface area contributed by atoms with Crippen molar-refractivity contribution in [3.8, 4) is 0 Å².